The molecule has 1 rings (SSSR count). The smallest absolute Gasteiger partial charge is 0.0701 e. The summed E-state index contributed by atoms with van der Waals surface area (Å²) in [7, 11) is 1.66. The van der Waals surface area contributed by atoms with E-state index in [1.54, 1.807) is 7.11 Å². The van der Waals surface area contributed by atoms with Gasteiger partial charge in [0.1, 0.15) is 0 Å². The molecule has 0 radical (unpaired) electrons. The molecule has 0 aromatic rings. The van der Waals surface area contributed by atoms with Crippen molar-refractivity contribution < 1.29 is 19.3 Å². The number of aliphatic hydroxyl groups excluding tert-OH is 1. The van der Waals surface area contributed by atoms with E-state index in [4.69, 9.17) is 14.2 Å². The molecule has 1 aliphatic rings. The van der Waals surface area contributed by atoms with Crippen LogP contribution in [0.5, 0.6) is 0 Å². The highest BCUT2D eigenvalue weighted by Gasteiger charge is 2.28. The van der Waals surface area contributed by atoms with Crippen molar-refractivity contribution in [1.82, 2.24) is 0 Å². The first-order valence-corrected chi connectivity index (χ1v) is 6.17. The molecular weight excluding hydrogens is 208 g/mol. The van der Waals surface area contributed by atoms with E-state index in [9.17, 15) is 5.11 Å². The Hall–Kier alpha value is -0.160. The van der Waals surface area contributed by atoms with Crippen LogP contribution >= 0.6 is 0 Å². The second kappa shape index (κ2) is 8.93. The summed E-state index contributed by atoms with van der Waals surface area (Å²) in [6.07, 6.45) is 4.12. The molecular formula is C12H24O4. The second-order valence-electron chi connectivity index (χ2n) is 4.26. The number of methoxy groups -OCH3 is 1. The molecule has 16 heavy (non-hydrogen) atoms. The standard InChI is InChI=1S/C12H24O4/c1-14-7-8-16-10-9-15-6-2-3-12(13)11-4-5-11/h11-13H,2-10H2,1H3. The quantitative estimate of drug-likeness (QED) is 0.544. The van der Waals surface area contributed by atoms with Gasteiger partial charge in [0.2, 0.25) is 0 Å². The fourth-order valence-corrected chi connectivity index (χ4v) is 1.58. The Labute approximate surface area is 97.9 Å². The summed E-state index contributed by atoms with van der Waals surface area (Å²) in [5, 5.41) is 9.59. The van der Waals surface area contributed by atoms with Gasteiger partial charge in [-0.15, -0.1) is 0 Å². The highest BCUT2D eigenvalue weighted by Crippen LogP contribution is 2.34. The lowest BCUT2D eigenvalue weighted by atomic mass is 10.1. The minimum atomic E-state index is -0.0958. The molecule has 1 aliphatic carbocycles. The third-order valence-electron chi connectivity index (χ3n) is 2.76. The Morgan fingerprint density at radius 1 is 1.06 bits per heavy atom. The number of hydrogen-bond donors (Lipinski definition) is 1. The topological polar surface area (TPSA) is 47.9 Å². The van der Waals surface area contributed by atoms with E-state index in [2.05, 4.69) is 0 Å². The van der Waals surface area contributed by atoms with Crippen LogP contribution in [0.4, 0.5) is 0 Å². The van der Waals surface area contributed by atoms with Gasteiger partial charge in [0.15, 0.2) is 0 Å². The average Bonchev–Trinajstić information content (AvgIpc) is 3.10. The predicted octanol–water partition coefficient (Wildman–Crippen LogP) is 1.22. The number of ether oxygens (including phenoxy) is 3. The van der Waals surface area contributed by atoms with Gasteiger partial charge in [0.05, 0.1) is 32.5 Å². The molecule has 1 fully saturated rings. The summed E-state index contributed by atoms with van der Waals surface area (Å²) in [6.45, 7) is 3.23. The van der Waals surface area contributed by atoms with Gasteiger partial charge in [0.25, 0.3) is 0 Å². The normalized spacial score (nSPS) is 17.6. The Bertz CT molecular complexity index is 159. The summed E-state index contributed by atoms with van der Waals surface area (Å²) in [6, 6.07) is 0. The van der Waals surface area contributed by atoms with Crippen molar-refractivity contribution in [3.63, 3.8) is 0 Å². The predicted molar refractivity (Wildman–Crippen MR) is 61.5 cm³/mol. The fraction of sp³-hybridized carbons (Fsp3) is 1.00. The first kappa shape index (κ1) is 13.9. The van der Waals surface area contributed by atoms with Crippen LogP contribution in [0.25, 0.3) is 0 Å². The summed E-state index contributed by atoms with van der Waals surface area (Å²) < 4.78 is 15.5. The molecule has 4 heteroatoms. The summed E-state index contributed by atoms with van der Waals surface area (Å²) >= 11 is 0. The number of aliphatic hydroxyl groups is 1. The molecule has 1 N–H and O–H groups in total. The van der Waals surface area contributed by atoms with Crippen LogP contribution in [0.15, 0.2) is 0 Å². The average molecular weight is 232 g/mol. The monoisotopic (exact) mass is 232 g/mol. The minimum Gasteiger partial charge on any atom is -0.393 e. The molecule has 0 aromatic heterocycles. The van der Waals surface area contributed by atoms with Crippen molar-refractivity contribution in [3.05, 3.63) is 0 Å². The molecule has 1 saturated carbocycles. The van der Waals surface area contributed by atoms with Gasteiger partial charge in [-0.1, -0.05) is 0 Å². The highest BCUT2D eigenvalue weighted by atomic mass is 16.5. The summed E-state index contributed by atoms with van der Waals surface area (Å²) in [5.41, 5.74) is 0. The second-order valence-corrected chi connectivity index (χ2v) is 4.26. The van der Waals surface area contributed by atoms with Crippen LogP contribution in [-0.2, 0) is 14.2 Å². The van der Waals surface area contributed by atoms with Crippen LogP contribution in [0.3, 0.4) is 0 Å². The molecule has 0 spiro atoms. The minimum absolute atomic E-state index is 0.0958. The SMILES string of the molecule is COCCOCCOCCCC(O)C1CC1. The molecule has 0 bridgehead atoms. The van der Waals surface area contributed by atoms with Crippen LogP contribution in [-0.4, -0.2) is 51.4 Å². The zero-order valence-electron chi connectivity index (χ0n) is 10.2. The summed E-state index contributed by atoms with van der Waals surface area (Å²) in [5.74, 6) is 0.581. The molecule has 96 valence electrons. The molecule has 1 unspecified atom stereocenters. The first-order valence-electron chi connectivity index (χ1n) is 6.17. The van der Waals surface area contributed by atoms with E-state index in [0.717, 1.165) is 19.4 Å². The number of hydrogen-bond acceptors (Lipinski definition) is 4. The van der Waals surface area contributed by atoms with E-state index in [1.807, 2.05) is 0 Å². The Morgan fingerprint density at radius 2 is 1.69 bits per heavy atom. The molecule has 0 aliphatic heterocycles. The maximum absolute atomic E-state index is 9.59. The van der Waals surface area contributed by atoms with Gasteiger partial charge in [-0.25, -0.2) is 0 Å². The first-order chi connectivity index (χ1) is 7.84. The number of rotatable bonds is 11. The Kier molecular flexibility index (Phi) is 7.76. The molecule has 1 atom stereocenters. The highest BCUT2D eigenvalue weighted by molar-refractivity contribution is 4.80. The van der Waals surface area contributed by atoms with Crippen molar-refractivity contribution >= 4 is 0 Å². The van der Waals surface area contributed by atoms with Crippen LogP contribution in [0.2, 0.25) is 0 Å². The lowest BCUT2D eigenvalue weighted by Crippen LogP contribution is -2.12. The van der Waals surface area contributed by atoms with Gasteiger partial charge < -0.3 is 19.3 Å². The van der Waals surface area contributed by atoms with Crippen molar-refractivity contribution in [2.45, 2.75) is 31.8 Å². The van der Waals surface area contributed by atoms with Crippen molar-refractivity contribution in [3.8, 4) is 0 Å². The lowest BCUT2D eigenvalue weighted by Gasteiger charge is -2.09. The van der Waals surface area contributed by atoms with Crippen LogP contribution in [0, 0.1) is 5.92 Å². The molecule has 0 amide bonds. The Morgan fingerprint density at radius 3 is 2.31 bits per heavy atom. The molecule has 0 saturated heterocycles. The maximum atomic E-state index is 9.59. The van der Waals surface area contributed by atoms with Gasteiger partial charge in [-0.05, 0) is 31.6 Å². The lowest BCUT2D eigenvalue weighted by molar-refractivity contribution is 0.0212. The maximum Gasteiger partial charge on any atom is 0.0701 e. The van der Waals surface area contributed by atoms with E-state index < -0.39 is 0 Å². The fourth-order valence-electron chi connectivity index (χ4n) is 1.58. The Balaban J connectivity index is 1.71. The van der Waals surface area contributed by atoms with E-state index in [0.29, 0.717) is 32.3 Å². The molecule has 0 heterocycles. The van der Waals surface area contributed by atoms with Crippen molar-refractivity contribution in [1.29, 1.82) is 0 Å². The van der Waals surface area contributed by atoms with E-state index in [-0.39, 0.29) is 6.10 Å². The largest absolute Gasteiger partial charge is 0.393 e. The van der Waals surface area contributed by atoms with Crippen molar-refractivity contribution in [2.75, 3.05) is 40.1 Å². The molecule has 4 nitrogen and oxygen atoms in total. The molecule has 0 aromatic carbocycles. The summed E-state index contributed by atoms with van der Waals surface area (Å²) in [4.78, 5) is 0. The van der Waals surface area contributed by atoms with Crippen LogP contribution in [0.1, 0.15) is 25.7 Å². The van der Waals surface area contributed by atoms with Gasteiger partial charge in [0, 0.05) is 13.7 Å². The van der Waals surface area contributed by atoms with Crippen LogP contribution < -0.4 is 0 Å². The third kappa shape index (κ3) is 7.17. The van der Waals surface area contributed by atoms with Gasteiger partial charge in [-0.2, -0.15) is 0 Å². The van der Waals surface area contributed by atoms with Gasteiger partial charge >= 0.3 is 0 Å². The van der Waals surface area contributed by atoms with E-state index >= 15 is 0 Å². The van der Waals surface area contributed by atoms with Crippen molar-refractivity contribution in [2.24, 2.45) is 5.92 Å². The zero-order valence-corrected chi connectivity index (χ0v) is 10.2. The zero-order chi connectivity index (χ0) is 11.6. The van der Waals surface area contributed by atoms with Gasteiger partial charge in [-0.3, -0.25) is 0 Å². The third-order valence-corrected chi connectivity index (χ3v) is 2.76. The van der Waals surface area contributed by atoms with E-state index in [1.165, 1.54) is 12.8 Å².